The second kappa shape index (κ2) is 6.87. The van der Waals surface area contributed by atoms with E-state index in [0.717, 1.165) is 18.8 Å². The summed E-state index contributed by atoms with van der Waals surface area (Å²) in [6, 6.07) is 8.95. The van der Waals surface area contributed by atoms with E-state index in [1.165, 1.54) is 24.8 Å². The maximum atomic E-state index is 5.76. The van der Waals surface area contributed by atoms with Crippen LogP contribution < -0.4 is 5.32 Å². The van der Waals surface area contributed by atoms with Crippen LogP contribution in [0.2, 0.25) is 0 Å². The largest absolute Gasteiger partial charge is 0.377 e. The van der Waals surface area contributed by atoms with Gasteiger partial charge in [0, 0.05) is 37.3 Å². The molecule has 4 nitrogen and oxygen atoms in total. The fourth-order valence-electron chi connectivity index (χ4n) is 2.74. The zero-order valence-electron chi connectivity index (χ0n) is 12.5. The average molecular weight is 285 g/mol. The standard InChI is InChI=1S/C17H23N3O/c1-14(19-12-17-4-2-3-11-21-17)15-5-7-16(8-6-15)20-10-9-18-13-20/h5-10,13-14,17,19H,2-4,11-12H2,1H3. The van der Waals surface area contributed by atoms with Gasteiger partial charge in [0.25, 0.3) is 0 Å². The van der Waals surface area contributed by atoms with Crippen molar-refractivity contribution in [2.45, 2.75) is 38.3 Å². The summed E-state index contributed by atoms with van der Waals surface area (Å²) in [7, 11) is 0. The summed E-state index contributed by atoms with van der Waals surface area (Å²) in [5.74, 6) is 0. The van der Waals surface area contributed by atoms with Crippen LogP contribution in [0.4, 0.5) is 0 Å². The Balaban J connectivity index is 1.55. The fourth-order valence-corrected chi connectivity index (χ4v) is 2.74. The number of benzene rings is 1. The number of hydrogen-bond donors (Lipinski definition) is 1. The van der Waals surface area contributed by atoms with Crippen molar-refractivity contribution in [3.8, 4) is 5.69 Å². The van der Waals surface area contributed by atoms with Crippen molar-refractivity contribution in [3.05, 3.63) is 48.5 Å². The second-order valence-electron chi connectivity index (χ2n) is 5.68. The summed E-state index contributed by atoms with van der Waals surface area (Å²) in [5.41, 5.74) is 2.44. The van der Waals surface area contributed by atoms with E-state index in [1.807, 2.05) is 17.1 Å². The molecule has 1 N–H and O–H groups in total. The van der Waals surface area contributed by atoms with E-state index in [9.17, 15) is 0 Å². The Morgan fingerprint density at radius 2 is 2.19 bits per heavy atom. The van der Waals surface area contributed by atoms with Crippen molar-refractivity contribution in [1.82, 2.24) is 14.9 Å². The van der Waals surface area contributed by atoms with Gasteiger partial charge in [-0.25, -0.2) is 4.98 Å². The van der Waals surface area contributed by atoms with E-state index in [2.05, 4.69) is 41.5 Å². The highest BCUT2D eigenvalue weighted by atomic mass is 16.5. The molecule has 0 saturated carbocycles. The first kappa shape index (κ1) is 14.3. The van der Waals surface area contributed by atoms with Gasteiger partial charge in [0.2, 0.25) is 0 Å². The van der Waals surface area contributed by atoms with Crippen LogP contribution in [0.5, 0.6) is 0 Å². The monoisotopic (exact) mass is 285 g/mol. The Labute approximate surface area is 126 Å². The van der Waals surface area contributed by atoms with Crippen LogP contribution in [0, 0.1) is 0 Å². The number of aromatic nitrogens is 2. The van der Waals surface area contributed by atoms with Crippen molar-refractivity contribution < 1.29 is 4.74 Å². The molecule has 112 valence electrons. The summed E-state index contributed by atoms with van der Waals surface area (Å²) in [6.45, 7) is 4.06. The minimum atomic E-state index is 0.340. The Bertz CT molecular complexity index is 530. The summed E-state index contributed by atoms with van der Waals surface area (Å²) in [5, 5.41) is 3.58. The number of imidazole rings is 1. The van der Waals surface area contributed by atoms with E-state index in [-0.39, 0.29) is 0 Å². The van der Waals surface area contributed by atoms with Crippen molar-refractivity contribution in [2.75, 3.05) is 13.2 Å². The topological polar surface area (TPSA) is 39.1 Å². The molecule has 1 aromatic heterocycles. The third-order valence-electron chi connectivity index (χ3n) is 4.12. The molecular formula is C17H23N3O. The molecule has 4 heteroatoms. The summed E-state index contributed by atoms with van der Waals surface area (Å²) in [6.07, 6.45) is 9.63. The third kappa shape index (κ3) is 3.71. The first-order chi connectivity index (χ1) is 10.3. The quantitative estimate of drug-likeness (QED) is 0.917. The Morgan fingerprint density at radius 3 is 2.86 bits per heavy atom. The molecule has 0 bridgehead atoms. The molecule has 0 spiro atoms. The van der Waals surface area contributed by atoms with Crippen molar-refractivity contribution in [3.63, 3.8) is 0 Å². The highest BCUT2D eigenvalue weighted by Crippen LogP contribution is 2.17. The Morgan fingerprint density at radius 1 is 1.33 bits per heavy atom. The van der Waals surface area contributed by atoms with Crippen LogP contribution in [0.25, 0.3) is 5.69 Å². The average Bonchev–Trinajstić information content (AvgIpc) is 3.08. The smallest absolute Gasteiger partial charge is 0.0991 e. The fraction of sp³-hybridized carbons (Fsp3) is 0.471. The van der Waals surface area contributed by atoms with E-state index in [4.69, 9.17) is 4.74 Å². The number of hydrogen-bond acceptors (Lipinski definition) is 3. The highest BCUT2D eigenvalue weighted by Gasteiger charge is 2.15. The Kier molecular flexibility index (Phi) is 4.68. The number of nitrogens with one attached hydrogen (secondary N) is 1. The molecule has 1 aliphatic heterocycles. The molecule has 2 aromatic rings. The molecule has 0 radical (unpaired) electrons. The van der Waals surface area contributed by atoms with Crippen LogP contribution >= 0.6 is 0 Å². The van der Waals surface area contributed by atoms with Crippen molar-refractivity contribution in [1.29, 1.82) is 0 Å². The molecular weight excluding hydrogens is 262 g/mol. The van der Waals surface area contributed by atoms with Gasteiger partial charge in [-0.1, -0.05) is 12.1 Å². The Hall–Kier alpha value is -1.65. The van der Waals surface area contributed by atoms with Gasteiger partial charge >= 0.3 is 0 Å². The number of rotatable bonds is 5. The predicted molar refractivity (Wildman–Crippen MR) is 83.6 cm³/mol. The minimum absolute atomic E-state index is 0.340. The van der Waals surface area contributed by atoms with E-state index >= 15 is 0 Å². The maximum absolute atomic E-state index is 5.76. The van der Waals surface area contributed by atoms with E-state index in [0.29, 0.717) is 12.1 Å². The molecule has 21 heavy (non-hydrogen) atoms. The third-order valence-corrected chi connectivity index (χ3v) is 4.12. The van der Waals surface area contributed by atoms with E-state index in [1.54, 1.807) is 6.20 Å². The van der Waals surface area contributed by atoms with Gasteiger partial charge in [-0.15, -0.1) is 0 Å². The van der Waals surface area contributed by atoms with Crippen LogP contribution in [0.1, 0.15) is 37.8 Å². The number of nitrogens with zero attached hydrogens (tertiary/aromatic N) is 2. The molecule has 3 rings (SSSR count). The number of ether oxygens (including phenoxy) is 1. The van der Waals surface area contributed by atoms with Crippen molar-refractivity contribution >= 4 is 0 Å². The lowest BCUT2D eigenvalue weighted by molar-refractivity contribution is 0.0156. The van der Waals surface area contributed by atoms with E-state index < -0.39 is 0 Å². The van der Waals surface area contributed by atoms with Gasteiger partial charge in [0.05, 0.1) is 12.4 Å². The lowest BCUT2D eigenvalue weighted by Gasteiger charge is -2.25. The summed E-state index contributed by atoms with van der Waals surface area (Å²) in [4.78, 5) is 4.07. The van der Waals surface area contributed by atoms with Crippen LogP contribution in [-0.2, 0) is 4.74 Å². The molecule has 0 aliphatic carbocycles. The van der Waals surface area contributed by atoms with Crippen molar-refractivity contribution in [2.24, 2.45) is 0 Å². The lowest BCUT2D eigenvalue weighted by Crippen LogP contribution is -2.33. The molecule has 1 aliphatic rings. The van der Waals surface area contributed by atoms with Crippen LogP contribution in [-0.4, -0.2) is 28.8 Å². The second-order valence-corrected chi connectivity index (χ2v) is 5.68. The molecule has 2 unspecified atom stereocenters. The minimum Gasteiger partial charge on any atom is -0.377 e. The lowest BCUT2D eigenvalue weighted by atomic mass is 10.1. The summed E-state index contributed by atoms with van der Waals surface area (Å²) < 4.78 is 7.77. The van der Waals surface area contributed by atoms with Gasteiger partial charge in [-0.3, -0.25) is 0 Å². The van der Waals surface area contributed by atoms with Gasteiger partial charge in [0.1, 0.15) is 0 Å². The maximum Gasteiger partial charge on any atom is 0.0991 e. The van der Waals surface area contributed by atoms with Gasteiger partial charge in [-0.2, -0.15) is 0 Å². The molecule has 2 atom stereocenters. The highest BCUT2D eigenvalue weighted by molar-refractivity contribution is 5.35. The molecule has 1 saturated heterocycles. The zero-order chi connectivity index (χ0) is 14.5. The zero-order valence-corrected chi connectivity index (χ0v) is 12.5. The summed E-state index contributed by atoms with van der Waals surface area (Å²) >= 11 is 0. The molecule has 0 amide bonds. The predicted octanol–water partition coefficient (Wildman–Crippen LogP) is 3.09. The van der Waals surface area contributed by atoms with Gasteiger partial charge < -0.3 is 14.6 Å². The molecule has 1 aromatic carbocycles. The normalized spacial score (nSPS) is 20.3. The van der Waals surface area contributed by atoms with Gasteiger partial charge in [0.15, 0.2) is 0 Å². The first-order valence-electron chi connectivity index (χ1n) is 7.76. The van der Waals surface area contributed by atoms with Gasteiger partial charge in [-0.05, 0) is 43.9 Å². The first-order valence-corrected chi connectivity index (χ1v) is 7.76. The molecule has 2 heterocycles. The SMILES string of the molecule is CC(NCC1CCCCO1)c1ccc(-n2ccnc2)cc1. The van der Waals surface area contributed by atoms with Crippen LogP contribution in [0.3, 0.4) is 0 Å². The molecule has 1 fully saturated rings. The van der Waals surface area contributed by atoms with Crippen LogP contribution in [0.15, 0.2) is 43.0 Å².